The van der Waals surface area contributed by atoms with E-state index < -0.39 is 145 Å². The van der Waals surface area contributed by atoms with E-state index in [0.717, 1.165) is 6.07 Å². The molecule has 0 spiro atoms. The van der Waals surface area contributed by atoms with Gasteiger partial charge < -0.3 is 99.2 Å². The van der Waals surface area contributed by atoms with Crippen LogP contribution in [0.15, 0.2) is 39.5 Å². The molecule has 3 aromatic rings. The first-order chi connectivity index (χ1) is 25.5. The summed E-state index contributed by atoms with van der Waals surface area (Å²) in [4.78, 5) is 14.2. The molecule has 4 heterocycles. The van der Waals surface area contributed by atoms with Crippen molar-refractivity contribution in [3.05, 3.63) is 40.6 Å². The number of aliphatic hydroxyl groups excluding tert-OH is 10. The molecule has 0 bridgehead atoms. The average molecular weight is 773 g/mol. The lowest BCUT2D eigenvalue weighted by molar-refractivity contribution is -0.320. The van der Waals surface area contributed by atoms with Crippen LogP contribution in [-0.4, -0.2) is 172 Å². The maximum atomic E-state index is 14.2. The number of aromatic hydroxyl groups is 3. The van der Waals surface area contributed by atoms with Crippen molar-refractivity contribution in [3.8, 4) is 40.1 Å². The van der Waals surface area contributed by atoms with Crippen molar-refractivity contribution >= 4 is 11.0 Å². The Labute approximate surface area is 303 Å². The van der Waals surface area contributed by atoms with Gasteiger partial charge in [0.2, 0.25) is 16.9 Å². The zero-order valence-electron chi connectivity index (χ0n) is 28.0. The first kappa shape index (κ1) is 39.8. The van der Waals surface area contributed by atoms with Crippen LogP contribution in [0.25, 0.3) is 22.3 Å². The van der Waals surface area contributed by atoms with Crippen LogP contribution in [-0.2, 0) is 18.9 Å². The van der Waals surface area contributed by atoms with Crippen molar-refractivity contribution in [2.24, 2.45) is 0 Å². The summed E-state index contributed by atoms with van der Waals surface area (Å²) in [5.41, 5.74) is -1.37. The van der Waals surface area contributed by atoms with Crippen molar-refractivity contribution in [1.29, 1.82) is 0 Å². The maximum Gasteiger partial charge on any atom is 0.239 e. The molecule has 2 aromatic carbocycles. The number of fused-ring (bicyclic) bond motifs is 1. The van der Waals surface area contributed by atoms with Gasteiger partial charge in [0, 0.05) is 11.6 Å². The number of phenolic OH excluding ortho intramolecular Hbond substituents is 3. The Morgan fingerprint density at radius 3 is 1.83 bits per heavy atom. The molecule has 0 unspecified atom stereocenters. The quantitative estimate of drug-likeness (QED) is 0.0980. The van der Waals surface area contributed by atoms with E-state index in [1.807, 2.05) is 0 Å². The number of rotatable bonds is 9. The van der Waals surface area contributed by atoms with E-state index in [0.29, 0.717) is 0 Å². The molecule has 298 valence electrons. The number of aliphatic hydroxyl groups is 10. The highest BCUT2D eigenvalue weighted by Gasteiger charge is 2.48. The molecule has 21 nitrogen and oxygen atoms in total. The fraction of sp³-hybridized carbons (Fsp3) is 0.545. The van der Waals surface area contributed by atoms with Crippen molar-refractivity contribution in [3.63, 3.8) is 0 Å². The molecule has 6 rings (SSSR count). The highest BCUT2D eigenvalue weighted by molar-refractivity contribution is 5.91. The summed E-state index contributed by atoms with van der Waals surface area (Å²) in [5, 5.41) is 133. The minimum absolute atomic E-state index is 0.130. The number of ether oxygens (including phenoxy) is 6. The first-order valence-electron chi connectivity index (χ1n) is 16.5. The molecule has 3 aliphatic rings. The Hall–Kier alpha value is -3.91. The van der Waals surface area contributed by atoms with Gasteiger partial charge in [-0.05, 0) is 31.2 Å². The second-order valence-electron chi connectivity index (χ2n) is 13.1. The normalized spacial score (nSPS) is 37.3. The maximum absolute atomic E-state index is 14.2. The Bertz CT molecular complexity index is 1840. The molecule has 1 aromatic heterocycles. The summed E-state index contributed by atoms with van der Waals surface area (Å²) < 4.78 is 38.6. The molecule has 0 saturated carbocycles. The van der Waals surface area contributed by atoms with Crippen molar-refractivity contribution in [1.82, 2.24) is 0 Å². The Balaban J connectivity index is 1.29. The molecule has 3 saturated heterocycles. The van der Waals surface area contributed by atoms with Gasteiger partial charge in [0.1, 0.15) is 84.4 Å². The number of benzene rings is 2. The van der Waals surface area contributed by atoms with E-state index in [1.54, 1.807) is 0 Å². The van der Waals surface area contributed by atoms with E-state index in [2.05, 4.69) is 0 Å². The Morgan fingerprint density at radius 2 is 1.24 bits per heavy atom. The van der Waals surface area contributed by atoms with Gasteiger partial charge in [0.05, 0.1) is 12.7 Å². The second-order valence-corrected chi connectivity index (χ2v) is 13.1. The zero-order chi connectivity index (χ0) is 39.3. The fourth-order valence-electron chi connectivity index (χ4n) is 6.27. The third kappa shape index (κ3) is 7.39. The summed E-state index contributed by atoms with van der Waals surface area (Å²) >= 11 is 0. The first-order valence-corrected chi connectivity index (χ1v) is 16.5. The van der Waals surface area contributed by atoms with Crippen LogP contribution in [0.1, 0.15) is 6.92 Å². The van der Waals surface area contributed by atoms with Gasteiger partial charge in [-0.1, -0.05) is 0 Å². The van der Waals surface area contributed by atoms with Gasteiger partial charge in [-0.15, -0.1) is 0 Å². The molecule has 3 fully saturated rings. The third-order valence-electron chi connectivity index (χ3n) is 9.40. The largest absolute Gasteiger partial charge is 0.508 e. The van der Waals surface area contributed by atoms with Gasteiger partial charge in [-0.2, -0.15) is 0 Å². The highest BCUT2D eigenvalue weighted by Crippen LogP contribution is 2.44. The van der Waals surface area contributed by atoms with Gasteiger partial charge in [-0.3, -0.25) is 4.79 Å². The number of hydrogen-bond acceptors (Lipinski definition) is 21. The lowest BCUT2D eigenvalue weighted by Gasteiger charge is -2.42. The van der Waals surface area contributed by atoms with Crippen LogP contribution in [0.2, 0.25) is 0 Å². The molecule has 0 aliphatic carbocycles. The van der Waals surface area contributed by atoms with E-state index >= 15 is 0 Å². The molecule has 0 radical (unpaired) electrons. The van der Waals surface area contributed by atoms with Crippen LogP contribution < -0.4 is 14.9 Å². The lowest BCUT2D eigenvalue weighted by atomic mass is 9.98. The third-order valence-corrected chi connectivity index (χ3v) is 9.40. The van der Waals surface area contributed by atoms with Crippen LogP contribution in [0.5, 0.6) is 28.7 Å². The standard InChI is InChI=1S/C33H40O21/c1-9-27(23(42)26(45)33(50-9)49-8-15-18(37)22(41)25(44)32(47)53-15)54-30-20(39)16-13(51-28(30)10-2-4-11(34)5-3-10)6-12(35)29(19(16)38)48-7-14-17(36)21(40)24(43)31(46)52-14/h2-6,9,14-15,17-18,21-27,31-38,40-47H,7-8H2,1H3/t9-,14-,15+,17-,18+,21+,22-,23-,24-,25-,26-,27-,31-,32+,33+/m0/s1. The monoisotopic (exact) mass is 772 g/mol. The summed E-state index contributed by atoms with van der Waals surface area (Å²) in [5.74, 6) is -3.63. The molecule has 54 heavy (non-hydrogen) atoms. The predicted octanol–water partition coefficient (Wildman–Crippen LogP) is -4.21. The zero-order valence-corrected chi connectivity index (χ0v) is 28.0. The van der Waals surface area contributed by atoms with Gasteiger partial charge >= 0.3 is 0 Å². The topological polar surface area (TPSA) is 349 Å². The van der Waals surface area contributed by atoms with E-state index in [-0.39, 0.29) is 17.1 Å². The predicted molar refractivity (Wildman–Crippen MR) is 173 cm³/mol. The second kappa shape index (κ2) is 15.7. The summed E-state index contributed by atoms with van der Waals surface area (Å²) in [7, 11) is 0. The highest BCUT2D eigenvalue weighted by atomic mass is 16.7. The molecule has 13 N–H and O–H groups in total. The van der Waals surface area contributed by atoms with Crippen molar-refractivity contribution < 1.29 is 99.2 Å². The Morgan fingerprint density at radius 1 is 0.667 bits per heavy atom. The summed E-state index contributed by atoms with van der Waals surface area (Å²) in [6, 6.07) is 6.08. The van der Waals surface area contributed by atoms with Gasteiger partial charge in [0.15, 0.2) is 42.2 Å². The van der Waals surface area contributed by atoms with Crippen LogP contribution >= 0.6 is 0 Å². The number of phenols is 3. The van der Waals surface area contributed by atoms with Crippen LogP contribution in [0.4, 0.5) is 0 Å². The molecule has 21 heteroatoms. The molecule has 3 aliphatic heterocycles. The van der Waals surface area contributed by atoms with E-state index in [1.165, 1.54) is 31.2 Å². The van der Waals surface area contributed by atoms with Crippen molar-refractivity contribution in [2.75, 3.05) is 13.2 Å². The molecular weight excluding hydrogens is 732 g/mol. The van der Waals surface area contributed by atoms with Crippen LogP contribution in [0.3, 0.4) is 0 Å². The van der Waals surface area contributed by atoms with Crippen molar-refractivity contribution in [2.45, 2.75) is 99.0 Å². The minimum atomic E-state index is -1.92. The van der Waals surface area contributed by atoms with E-state index in [9.17, 15) is 71.2 Å². The van der Waals surface area contributed by atoms with Gasteiger partial charge in [0.25, 0.3) is 0 Å². The van der Waals surface area contributed by atoms with Crippen LogP contribution in [0, 0.1) is 0 Å². The molecular formula is C33H40O21. The lowest BCUT2D eigenvalue weighted by Crippen LogP contribution is -2.61. The smallest absolute Gasteiger partial charge is 0.239 e. The SMILES string of the molecule is C[C@@H]1O[C@@H](OC[C@H]2O[C@@H](O)[C@@H](O)[C@@H](O)[C@@H]2O)[C@@H](O)[C@H](O)[C@H]1Oc1c(-c2ccc(O)cc2)oc2cc(O)c(OC[C@@H]3O[C@H](O)[C@@H](O)[C@H](O)[C@H]3O)c(O)c2c1=O. The molecule has 15 atom stereocenters. The summed E-state index contributed by atoms with van der Waals surface area (Å²) in [6.45, 7) is 0.0540. The fourth-order valence-corrected chi connectivity index (χ4v) is 6.27. The number of hydrogen-bond donors (Lipinski definition) is 13. The summed E-state index contributed by atoms with van der Waals surface area (Å²) in [6.07, 6.45) is -25.5. The van der Waals surface area contributed by atoms with E-state index in [4.69, 9.17) is 32.8 Å². The minimum Gasteiger partial charge on any atom is -0.508 e. The molecule has 0 amide bonds. The van der Waals surface area contributed by atoms with Gasteiger partial charge in [-0.25, -0.2) is 0 Å². The average Bonchev–Trinajstić information content (AvgIpc) is 3.13. The Kier molecular flexibility index (Phi) is 11.5.